The third-order valence-electron chi connectivity index (χ3n) is 3.14. The fraction of sp³-hybridized carbons (Fsp3) is 0.278. The Labute approximate surface area is 139 Å². The van der Waals surface area contributed by atoms with Crippen LogP contribution >= 0.6 is 0 Å². The van der Waals surface area contributed by atoms with E-state index >= 15 is 0 Å². The standard InChI is InChI=1S/C18H19F2NO3/c1-3-9-24-16-8-5-12(10-17(16)23-4-2)18(22)21-15-11-13(19)6-7-14(15)20/h5-8,10-11H,3-4,9H2,1-2H3,(H,21,22). The van der Waals surface area contributed by atoms with Gasteiger partial charge < -0.3 is 14.8 Å². The number of anilines is 1. The average molecular weight is 335 g/mol. The lowest BCUT2D eigenvalue weighted by Crippen LogP contribution is -2.13. The first-order valence-corrected chi connectivity index (χ1v) is 7.71. The van der Waals surface area contributed by atoms with Gasteiger partial charge in [0.1, 0.15) is 11.6 Å². The Bertz CT molecular complexity index is 719. The summed E-state index contributed by atoms with van der Waals surface area (Å²) in [6.07, 6.45) is 0.840. The molecule has 0 aliphatic rings. The van der Waals surface area contributed by atoms with Gasteiger partial charge in [-0.15, -0.1) is 0 Å². The van der Waals surface area contributed by atoms with E-state index in [1.807, 2.05) is 13.8 Å². The van der Waals surface area contributed by atoms with Gasteiger partial charge in [0.15, 0.2) is 11.5 Å². The molecule has 0 saturated carbocycles. The molecule has 1 N–H and O–H groups in total. The van der Waals surface area contributed by atoms with Crippen LogP contribution in [0.1, 0.15) is 30.6 Å². The molecule has 0 fully saturated rings. The Morgan fingerprint density at radius 2 is 1.83 bits per heavy atom. The van der Waals surface area contributed by atoms with E-state index in [0.717, 1.165) is 24.6 Å². The average Bonchev–Trinajstić information content (AvgIpc) is 2.57. The summed E-state index contributed by atoms with van der Waals surface area (Å²) in [7, 11) is 0. The lowest BCUT2D eigenvalue weighted by Gasteiger charge is -2.13. The summed E-state index contributed by atoms with van der Waals surface area (Å²) in [5.74, 6) is -0.948. The van der Waals surface area contributed by atoms with Crippen LogP contribution in [0.5, 0.6) is 11.5 Å². The zero-order valence-electron chi connectivity index (χ0n) is 13.6. The molecular weight excluding hydrogens is 316 g/mol. The Kier molecular flexibility index (Phi) is 6.12. The smallest absolute Gasteiger partial charge is 0.255 e. The Hall–Kier alpha value is -2.63. The largest absolute Gasteiger partial charge is 0.490 e. The van der Waals surface area contributed by atoms with Crippen LogP contribution in [0.2, 0.25) is 0 Å². The molecule has 0 spiro atoms. The van der Waals surface area contributed by atoms with Crippen molar-refractivity contribution in [3.63, 3.8) is 0 Å². The number of carbonyl (C=O) groups excluding carboxylic acids is 1. The number of rotatable bonds is 7. The summed E-state index contributed by atoms with van der Waals surface area (Å²) in [6.45, 7) is 4.74. The summed E-state index contributed by atoms with van der Waals surface area (Å²) >= 11 is 0. The molecule has 0 heterocycles. The highest BCUT2D eigenvalue weighted by Gasteiger charge is 2.14. The zero-order chi connectivity index (χ0) is 17.5. The SMILES string of the molecule is CCCOc1ccc(C(=O)Nc2cc(F)ccc2F)cc1OCC. The maximum absolute atomic E-state index is 13.6. The summed E-state index contributed by atoms with van der Waals surface area (Å²) in [5, 5.41) is 2.35. The second kappa shape index (κ2) is 8.29. The minimum Gasteiger partial charge on any atom is -0.490 e. The molecule has 0 bridgehead atoms. The van der Waals surface area contributed by atoms with Crippen LogP contribution < -0.4 is 14.8 Å². The van der Waals surface area contributed by atoms with Crippen molar-refractivity contribution in [2.75, 3.05) is 18.5 Å². The van der Waals surface area contributed by atoms with E-state index in [-0.39, 0.29) is 11.3 Å². The van der Waals surface area contributed by atoms with Crippen molar-refractivity contribution in [1.82, 2.24) is 0 Å². The molecule has 0 saturated heterocycles. The molecule has 0 aromatic heterocycles. The first-order valence-electron chi connectivity index (χ1n) is 7.71. The number of benzene rings is 2. The minimum absolute atomic E-state index is 0.218. The van der Waals surface area contributed by atoms with Crippen LogP contribution in [0.4, 0.5) is 14.5 Å². The third kappa shape index (κ3) is 4.44. The quantitative estimate of drug-likeness (QED) is 0.815. The molecule has 2 aromatic rings. The molecule has 0 atom stereocenters. The maximum Gasteiger partial charge on any atom is 0.255 e. The molecule has 2 aromatic carbocycles. The Balaban J connectivity index is 2.22. The van der Waals surface area contributed by atoms with Crippen molar-refractivity contribution in [1.29, 1.82) is 0 Å². The summed E-state index contributed by atoms with van der Waals surface area (Å²) in [4.78, 5) is 12.3. The van der Waals surface area contributed by atoms with Gasteiger partial charge in [-0.25, -0.2) is 8.78 Å². The van der Waals surface area contributed by atoms with Crippen molar-refractivity contribution < 1.29 is 23.0 Å². The molecule has 0 aliphatic heterocycles. The number of carbonyl (C=O) groups is 1. The second-order valence-electron chi connectivity index (χ2n) is 5.02. The summed E-state index contributed by atoms with van der Waals surface area (Å²) in [6, 6.07) is 7.55. The van der Waals surface area contributed by atoms with E-state index in [2.05, 4.69) is 5.32 Å². The van der Waals surface area contributed by atoms with E-state index in [9.17, 15) is 13.6 Å². The molecule has 0 unspecified atom stereocenters. The van der Waals surface area contributed by atoms with Gasteiger partial charge in [-0.1, -0.05) is 6.92 Å². The Morgan fingerprint density at radius 3 is 2.54 bits per heavy atom. The normalized spacial score (nSPS) is 10.3. The van der Waals surface area contributed by atoms with Crippen molar-refractivity contribution in [2.45, 2.75) is 20.3 Å². The van der Waals surface area contributed by atoms with Gasteiger partial charge in [0, 0.05) is 11.6 Å². The first-order chi connectivity index (χ1) is 11.5. The highest BCUT2D eigenvalue weighted by atomic mass is 19.1. The van der Waals surface area contributed by atoms with Crippen LogP contribution in [-0.4, -0.2) is 19.1 Å². The highest BCUT2D eigenvalue weighted by Crippen LogP contribution is 2.29. The number of amides is 1. The van der Waals surface area contributed by atoms with Crippen LogP contribution in [0.25, 0.3) is 0 Å². The van der Waals surface area contributed by atoms with Crippen molar-refractivity contribution >= 4 is 11.6 Å². The van der Waals surface area contributed by atoms with Gasteiger partial charge in [-0.2, -0.15) is 0 Å². The lowest BCUT2D eigenvalue weighted by atomic mass is 10.1. The zero-order valence-corrected chi connectivity index (χ0v) is 13.6. The molecule has 4 nitrogen and oxygen atoms in total. The first kappa shape index (κ1) is 17.7. The van der Waals surface area contributed by atoms with E-state index < -0.39 is 17.5 Å². The molecule has 0 aliphatic carbocycles. The topological polar surface area (TPSA) is 47.6 Å². The van der Waals surface area contributed by atoms with Crippen molar-refractivity contribution in [3.8, 4) is 11.5 Å². The second-order valence-corrected chi connectivity index (χ2v) is 5.02. The Morgan fingerprint density at radius 1 is 1.04 bits per heavy atom. The van der Waals surface area contributed by atoms with Gasteiger partial charge >= 0.3 is 0 Å². The van der Waals surface area contributed by atoms with E-state index in [4.69, 9.17) is 9.47 Å². The monoisotopic (exact) mass is 335 g/mol. The minimum atomic E-state index is -0.710. The van der Waals surface area contributed by atoms with E-state index in [1.165, 1.54) is 6.07 Å². The maximum atomic E-state index is 13.6. The number of nitrogens with one attached hydrogen (secondary N) is 1. The number of hydrogen-bond donors (Lipinski definition) is 1. The number of ether oxygens (including phenoxy) is 2. The molecule has 24 heavy (non-hydrogen) atoms. The van der Waals surface area contributed by atoms with E-state index in [0.29, 0.717) is 24.7 Å². The molecule has 0 radical (unpaired) electrons. The summed E-state index contributed by atoms with van der Waals surface area (Å²) < 4.78 is 37.8. The van der Waals surface area contributed by atoms with Gasteiger partial charge in [0.2, 0.25) is 0 Å². The molecule has 128 valence electrons. The van der Waals surface area contributed by atoms with Crippen molar-refractivity contribution in [3.05, 3.63) is 53.6 Å². The molecule has 1 amide bonds. The van der Waals surface area contributed by atoms with Crippen LogP contribution in [0.3, 0.4) is 0 Å². The predicted octanol–water partition coefficient (Wildman–Crippen LogP) is 4.40. The van der Waals surface area contributed by atoms with Gasteiger partial charge in [0.05, 0.1) is 18.9 Å². The summed E-state index contributed by atoms with van der Waals surface area (Å²) in [5.41, 5.74) is 0.0372. The molecule has 6 heteroatoms. The fourth-order valence-corrected chi connectivity index (χ4v) is 2.04. The van der Waals surface area contributed by atoms with Gasteiger partial charge in [0.25, 0.3) is 5.91 Å². The van der Waals surface area contributed by atoms with Crippen LogP contribution in [0, 0.1) is 11.6 Å². The van der Waals surface area contributed by atoms with Crippen molar-refractivity contribution in [2.24, 2.45) is 0 Å². The van der Waals surface area contributed by atoms with Gasteiger partial charge in [-0.05, 0) is 43.7 Å². The van der Waals surface area contributed by atoms with E-state index in [1.54, 1.807) is 12.1 Å². The third-order valence-corrected chi connectivity index (χ3v) is 3.14. The van der Waals surface area contributed by atoms with Crippen LogP contribution in [0.15, 0.2) is 36.4 Å². The molecule has 2 rings (SSSR count). The molecular formula is C18H19F2NO3. The predicted molar refractivity (Wildman–Crippen MR) is 87.7 cm³/mol. The highest BCUT2D eigenvalue weighted by molar-refractivity contribution is 6.04. The number of hydrogen-bond acceptors (Lipinski definition) is 3. The number of halogens is 2. The van der Waals surface area contributed by atoms with Crippen LogP contribution in [-0.2, 0) is 0 Å². The fourth-order valence-electron chi connectivity index (χ4n) is 2.04. The van der Waals surface area contributed by atoms with Gasteiger partial charge in [-0.3, -0.25) is 4.79 Å². The lowest BCUT2D eigenvalue weighted by molar-refractivity contribution is 0.102.